The Balaban J connectivity index is 1.37. The van der Waals surface area contributed by atoms with E-state index >= 15 is 0 Å². The van der Waals surface area contributed by atoms with Crippen LogP contribution in [0.25, 0.3) is 0 Å². The second-order valence-corrected chi connectivity index (χ2v) is 9.56. The van der Waals surface area contributed by atoms with E-state index in [1.165, 1.54) is 12.4 Å². The van der Waals surface area contributed by atoms with Gasteiger partial charge in [-0.25, -0.2) is 0 Å². The van der Waals surface area contributed by atoms with Crippen LogP contribution >= 0.6 is 11.8 Å². The first-order valence-corrected chi connectivity index (χ1v) is 11.4. The molecule has 2 saturated carbocycles. The van der Waals surface area contributed by atoms with E-state index in [1.807, 2.05) is 12.1 Å². The van der Waals surface area contributed by atoms with Crippen molar-refractivity contribution in [1.29, 1.82) is 0 Å². The summed E-state index contributed by atoms with van der Waals surface area (Å²) < 4.78 is 7.69. The number of hydrogen-bond donors (Lipinski definition) is 0. The van der Waals surface area contributed by atoms with Crippen LogP contribution in [0.15, 0.2) is 51.1 Å². The molecule has 0 radical (unpaired) electrons. The molecule has 2 unspecified atom stereocenters. The van der Waals surface area contributed by atoms with E-state index < -0.39 is 4.92 Å². The molecule has 5 rings (SSSR count). The van der Waals surface area contributed by atoms with Crippen LogP contribution < -0.4 is 0 Å². The lowest BCUT2D eigenvalue weighted by molar-refractivity contribution is -0.387. The molecule has 0 bridgehead atoms. The highest BCUT2D eigenvalue weighted by atomic mass is 32.2. The molecule has 0 aliphatic heterocycles. The van der Waals surface area contributed by atoms with Crippen LogP contribution in [0.2, 0.25) is 0 Å². The second-order valence-electron chi connectivity index (χ2n) is 8.55. The van der Waals surface area contributed by atoms with Crippen LogP contribution in [0, 0.1) is 16.0 Å². The zero-order valence-electron chi connectivity index (χ0n) is 17.8. The van der Waals surface area contributed by atoms with Crippen molar-refractivity contribution in [2.24, 2.45) is 13.0 Å². The zero-order valence-corrected chi connectivity index (χ0v) is 18.6. The van der Waals surface area contributed by atoms with Crippen molar-refractivity contribution >= 4 is 23.4 Å². The molecule has 2 aromatic heterocycles. The zero-order chi connectivity index (χ0) is 22.4. The van der Waals surface area contributed by atoms with Crippen LogP contribution in [0.4, 0.5) is 5.69 Å². The van der Waals surface area contributed by atoms with Gasteiger partial charge in [0.05, 0.1) is 16.4 Å². The van der Waals surface area contributed by atoms with E-state index in [9.17, 15) is 14.9 Å². The van der Waals surface area contributed by atoms with Crippen molar-refractivity contribution < 1.29 is 14.1 Å². The topological polar surface area (TPSA) is 107 Å². The third-order valence-electron chi connectivity index (χ3n) is 6.01. The van der Waals surface area contributed by atoms with Crippen molar-refractivity contribution in [3.8, 4) is 0 Å². The molecule has 2 heterocycles. The van der Waals surface area contributed by atoms with Crippen LogP contribution in [-0.4, -0.2) is 36.5 Å². The fourth-order valence-electron chi connectivity index (χ4n) is 3.83. The largest absolute Gasteiger partial charge is 0.464 e. The van der Waals surface area contributed by atoms with E-state index in [-0.39, 0.29) is 17.6 Å². The number of benzene rings is 1. The van der Waals surface area contributed by atoms with Gasteiger partial charge in [-0.2, -0.15) is 0 Å². The number of furan rings is 1. The Morgan fingerprint density at radius 2 is 2.12 bits per heavy atom. The highest BCUT2D eigenvalue weighted by Crippen LogP contribution is 2.47. The summed E-state index contributed by atoms with van der Waals surface area (Å²) in [5, 5.41) is 20.0. The van der Waals surface area contributed by atoms with Gasteiger partial charge in [-0.3, -0.25) is 14.9 Å². The predicted octanol–water partition coefficient (Wildman–Crippen LogP) is 4.40. The minimum Gasteiger partial charge on any atom is -0.464 e. The molecule has 2 fully saturated rings. The smallest absolute Gasteiger partial charge is 0.284 e. The third-order valence-corrected chi connectivity index (χ3v) is 7.12. The summed E-state index contributed by atoms with van der Waals surface area (Å²) in [6, 6.07) is 8.69. The van der Waals surface area contributed by atoms with E-state index in [4.69, 9.17) is 4.42 Å². The third kappa shape index (κ3) is 4.14. The number of aromatic nitrogens is 3. The Bertz CT molecular complexity index is 1180. The fraction of sp³-hybridized carbons (Fsp3) is 0.409. The van der Waals surface area contributed by atoms with Crippen LogP contribution in [0.1, 0.15) is 54.0 Å². The summed E-state index contributed by atoms with van der Waals surface area (Å²) in [4.78, 5) is 26.8. The van der Waals surface area contributed by atoms with Gasteiger partial charge in [0.25, 0.3) is 11.6 Å². The molecule has 1 amide bonds. The van der Waals surface area contributed by atoms with Gasteiger partial charge in [0.2, 0.25) is 0 Å². The first-order valence-electron chi connectivity index (χ1n) is 10.6. The molecule has 1 aromatic carbocycles. The van der Waals surface area contributed by atoms with E-state index in [1.54, 1.807) is 28.6 Å². The first-order chi connectivity index (χ1) is 15.4. The summed E-state index contributed by atoms with van der Waals surface area (Å²) in [6.45, 7) is 2.57. The average molecular weight is 454 g/mol. The number of hydrogen-bond acceptors (Lipinski definition) is 7. The second kappa shape index (κ2) is 8.09. The van der Waals surface area contributed by atoms with Gasteiger partial charge in [-0.05, 0) is 61.2 Å². The SMILES string of the molecule is CC1CC1c1ccc(CN(C(=O)c2ccc(Sc3nncn3C)c([N+](=O)[O-])c2)C2CC2)o1. The van der Waals surface area contributed by atoms with Crippen molar-refractivity contribution in [3.05, 3.63) is 63.9 Å². The summed E-state index contributed by atoms with van der Waals surface area (Å²) >= 11 is 1.15. The van der Waals surface area contributed by atoms with Gasteiger partial charge in [-0.1, -0.05) is 6.92 Å². The standard InChI is InChI=1S/C22H23N5O4S/c1-13-9-17(13)19-7-6-16(31-19)11-26(15-4-5-15)21(28)14-3-8-20(18(10-14)27(29)30)32-22-24-23-12-25(22)2/h3,6-8,10,12-13,15,17H,4-5,9,11H2,1-2H3. The number of rotatable bonds is 8. The Labute approximate surface area is 189 Å². The lowest BCUT2D eigenvalue weighted by Crippen LogP contribution is -2.32. The molecule has 166 valence electrons. The molecule has 2 aliphatic carbocycles. The number of nitrogens with zero attached hydrogens (tertiary/aromatic N) is 5. The van der Waals surface area contributed by atoms with Gasteiger partial charge >= 0.3 is 0 Å². The predicted molar refractivity (Wildman–Crippen MR) is 116 cm³/mol. The van der Waals surface area contributed by atoms with Crippen molar-refractivity contribution in [1.82, 2.24) is 19.7 Å². The van der Waals surface area contributed by atoms with E-state index in [2.05, 4.69) is 17.1 Å². The normalized spacial score (nSPS) is 19.7. The number of carbonyl (C=O) groups excluding carboxylic acids is 1. The lowest BCUT2D eigenvalue weighted by atomic mass is 10.1. The summed E-state index contributed by atoms with van der Waals surface area (Å²) in [5.74, 6) is 2.65. The van der Waals surface area contributed by atoms with E-state index in [0.29, 0.717) is 34.0 Å². The maximum atomic E-state index is 13.3. The van der Waals surface area contributed by atoms with Crippen LogP contribution in [-0.2, 0) is 13.6 Å². The van der Waals surface area contributed by atoms with Crippen LogP contribution in [0.5, 0.6) is 0 Å². The van der Waals surface area contributed by atoms with Crippen molar-refractivity contribution in [2.75, 3.05) is 0 Å². The van der Waals surface area contributed by atoms with Crippen molar-refractivity contribution in [3.63, 3.8) is 0 Å². The molecule has 2 aliphatic rings. The fourth-order valence-corrected chi connectivity index (χ4v) is 4.68. The highest BCUT2D eigenvalue weighted by Gasteiger charge is 2.38. The van der Waals surface area contributed by atoms with Crippen LogP contribution in [0.3, 0.4) is 0 Å². The Morgan fingerprint density at radius 1 is 1.34 bits per heavy atom. The Morgan fingerprint density at radius 3 is 2.75 bits per heavy atom. The van der Waals surface area contributed by atoms with Gasteiger partial charge in [0.15, 0.2) is 5.16 Å². The molecule has 0 saturated heterocycles. The summed E-state index contributed by atoms with van der Waals surface area (Å²) in [7, 11) is 1.77. The Kier molecular flexibility index (Phi) is 5.24. The van der Waals surface area contributed by atoms with Gasteiger partial charge in [0.1, 0.15) is 17.8 Å². The molecule has 0 N–H and O–H groups in total. The molecular weight excluding hydrogens is 430 g/mol. The number of aryl methyl sites for hydroxylation is 1. The minimum absolute atomic E-state index is 0.123. The molecule has 3 aromatic rings. The first kappa shape index (κ1) is 20.7. The van der Waals surface area contributed by atoms with Crippen molar-refractivity contribution in [2.45, 2.75) is 54.7 Å². The molecule has 0 spiro atoms. The molecule has 32 heavy (non-hydrogen) atoms. The minimum atomic E-state index is -0.466. The van der Waals surface area contributed by atoms with Gasteiger partial charge in [0, 0.05) is 30.6 Å². The van der Waals surface area contributed by atoms with Gasteiger partial charge < -0.3 is 13.9 Å². The Hall–Kier alpha value is -3.14. The maximum Gasteiger partial charge on any atom is 0.284 e. The summed E-state index contributed by atoms with van der Waals surface area (Å²) in [6.07, 6.45) is 4.53. The molecule has 2 atom stereocenters. The monoisotopic (exact) mass is 453 g/mol. The van der Waals surface area contributed by atoms with Gasteiger partial charge in [-0.15, -0.1) is 10.2 Å². The lowest BCUT2D eigenvalue weighted by Gasteiger charge is -2.21. The van der Waals surface area contributed by atoms with E-state index in [0.717, 1.165) is 42.5 Å². The highest BCUT2D eigenvalue weighted by molar-refractivity contribution is 7.99. The molecular formula is C22H23N5O4S. The maximum absolute atomic E-state index is 13.3. The summed E-state index contributed by atoms with van der Waals surface area (Å²) in [5.41, 5.74) is 0.177. The number of amides is 1. The number of nitro groups is 1. The number of carbonyl (C=O) groups is 1. The number of nitro benzene ring substituents is 1. The average Bonchev–Trinajstić information content (AvgIpc) is 3.66. The molecule has 10 heteroatoms. The quantitative estimate of drug-likeness (QED) is 0.367. The molecule has 9 nitrogen and oxygen atoms in total.